The molecule has 32 heavy (non-hydrogen) atoms. The van der Waals surface area contributed by atoms with E-state index in [1.807, 2.05) is 54.6 Å². The second-order valence-electron chi connectivity index (χ2n) is 7.50. The molecule has 3 unspecified atom stereocenters. The maximum atomic E-state index is 12.9. The zero-order chi connectivity index (χ0) is 23.1. The van der Waals surface area contributed by atoms with E-state index < -0.39 is 35.9 Å². The van der Waals surface area contributed by atoms with Gasteiger partial charge in [-0.1, -0.05) is 48.5 Å². The van der Waals surface area contributed by atoms with Crippen LogP contribution >= 0.6 is 12.6 Å². The Morgan fingerprint density at radius 1 is 0.938 bits per heavy atom. The van der Waals surface area contributed by atoms with Crippen molar-refractivity contribution in [2.24, 2.45) is 5.73 Å². The maximum absolute atomic E-state index is 12.9. The summed E-state index contributed by atoms with van der Waals surface area (Å²) in [6, 6.07) is 13.9. The number of fused-ring (bicyclic) bond motifs is 1. The molecule has 0 aliphatic rings. The van der Waals surface area contributed by atoms with Crippen molar-refractivity contribution >= 4 is 41.3 Å². The van der Waals surface area contributed by atoms with Crippen molar-refractivity contribution in [2.75, 3.05) is 5.75 Å². The summed E-state index contributed by atoms with van der Waals surface area (Å²) in [6.07, 6.45) is 2.25. The summed E-state index contributed by atoms with van der Waals surface area (Å²) in [6.45, 7) is 0. The molecule has 1 aromatic heterocycles. The third kappa shape index (κ3) is 5.89. The van der Waals surface area contributed by atoms with Gasteiger partial charge >= 0.3 is 5.97 Å². The van der Waals surface area contributed by atoms with Crippen LogP contribution in [0.15, 0.2) is 60.8 Å². The van der Waals surface area contributed by atoms with Gasteiger partial charge in [-0.2, -0.15) is 12.6 Å². The standard InChI is InChI=1S/C23H26N4O4S/c24-17(10-14-6-2-1-3-7-14)21(28)26-19(22(29)27-20(13-32)23(30)31)11-15-12-25-18-9-5-4-8-16(15)18/h1-9,12,17,19-20,25,32H,10-11,13,24H2,(H,26,28)(H,27,29)(H,30,31). The highest BCUT2D eigenvalue weighted by atomic mass is 32.1. The molecule has 8 nitrogen and oxygen atoms in total. The van der Waals surface area contributed by atoms with E-state index in [9.17, 15) is 19.5 Å². The largest absolute Gasteiger partial charge is 0.480 e. The number of nitrogens with two attached hydrogens (primary N) is 1. The van der Waals surface area contributed by atoms with Gasteiger partial charge in [0.15, 0.2) is 0 Å². The van der Waals surface area contributed by atoms with Gasteiger partial charge in [-0.3, -0.25) is 9.59 Å². The third-order valence-corrected chi connectivity index (χ3v) is 5.53. The molecular weight excluding hydrogens is 428 g/mol. The fourth-order valence-corrected chi connectivity index (χ4v) is 3.67. The predicted molar refractivity (Wildman–Crippen MR) is 125 cm³/mol. The number of carboxylic acids is 1. The van der Waals surface area contributed by atoms with E-state index in [2.05, 4.69) is 28.2 Å². The lowest BCUT2D eigenvalue weighted by Crippen LogP contribution is -2.55. The minimum atomic E-state index is -1.20. The van der Waals surface area contributed by atoms with Crippen LogP contribution in [0.3, 0.4) is 0 Å². The zero-order valence-electron chi connectivity index (χ0n) is 17.3. The zero-order valence-corrected chi connectivity index (χ0v) is 18.2. The molecule has 0 aliphatic carbocycles. The molecule has 0 aliphatic heterocycles. The average molecular weight is 455 g/mol. The first kappa shape index (κ1) is 23.4. The molecule has 0 bridgehead atoms. The van der Waals surface area contributed by atoms with Crippen LogP contribution < -0.4 is 16.4 Å². The first-order valence-electron chi connectivity index (χ1n) is 10.2. The second kappa shape index (κ2) is 10.8. The van der Waals surface area contributed by atoms with Crippen molar-refractivity contribution in [3.05, 3.63) is 71.9 Å². The molecule has 3 rings (SSSR count). The van der Waals surface area contributed by atoms with Crippen molar-refractivity contribution in [1.29, 1.82) is 0 Å². The number of H-pyrrole nitrogens is 1. The fourth-order valence-electron chi connectivity index (χ4n) is 3.43. The third-order valence-electron chi connectivity index (χ3n) is 5.16. The Balaban J connectivity index is 1.78. The Labute approximate surface area is 191 Å². The summed E-state index contributed by atoms with van der Waals surface area (Å²) in [4.78, 5) is 40.2. The van der Waals surface area contributed by atoms with Gasteiger partial charge in [0.05, 0.1) is 6.04 Å². The monoisotopic (exact) mass is 454 g/mol. The maximum Gasteiger partial charge on any atom is 0.327 e. The van der Waals surface area contributed by atoms with Gasteiger partial charge in [-0.05, 0) is 23.6 Å². The van der Waals surface area contributed by atoms with Gasteiger partial charge in [0.25, 0.3) is 0 Å². The van der Waals surface area contributed by atoms with Crippen molar-refractivity contribution < 1.29 is 19.5 Å². The molecule has 3 atom stereocenters. The topological polar surface area (TPSA) is 137 Å². The minimum absolute atomic E-state index is 0.0810. The molecule has 2 amide bonds. The summed E-state index contributed by atoms with van der Waals surface area (Å²) < 4.78 is 0. The lowest BCUT2D eigenvalue weighted by molar-refractivity contribution is -0.141. The Hall–Kier alpha value is -3.30. The minimum Gasteiger partial charge on any atom is -0.480 e. The van der Waals surface area contributed by atoms with Crippen molar-refractivity contribution in [2.45, 2.75) is 31.0 Å². The number of aromatic amines is 1. The molecule has 3 aromatic rings. The molecule has 0 fully saturated rings. The summed E-state index contributed by atoms with van der Waals surface area (Å²) in [5.74, 6) is -2.39. The number of thiol groups is 1. The number of aliphatic carboxylic acids is 1. The van der Waals surface area contributed by atoms with E-state index in [4.69, 9.17) is 5.73 Å². The van der Waals surface area contributed by atoms with Crippen molar-refractivity contribution in [3.8, 4) is 0 Å². The Morgan fingerprint density at radius 3 is 2.28 bits per heavy atom. The lowest BCUT2D eigenvalue weighted by atomic mass is 10.0. The quantitative estimate of drug-likeness (QED) is 0.256. The number of hydrogen-bond donors (Lipinski definition) is 6. The van der Waals surface area contributed by atoms with Crippen LogP contribution in [0.25, 0.3) is 10.9 Å². The summed E-state index contributed by atoms with van der Waals surface area (Å²) >= 11 is 3.99. The smallest absolute Gasteiger partial charge is 0.327 e. The Bertz CT molecular complexity index is 1090. The van der Waals surface area contributed by atoms with Crippen LogP contribution in [0.4, 0.5) is 0 Å². The second-order valence-corrected chi connectivity index (χ2v) is 7.87. The Kier molecular flexibility index (Phi) is 7.91. The van der Waals surface area contributed by atoms with Gasteiger partial charge in [0, 0.05) is 29.3 Å². The van der Waals surface area contributed by atoms with Gasteiger partial charge < -0.3 is 26.5 Å². The van der Waals surface area contributed by atoms with E-state index >= 15 is 0 Å². The van der Waals surface area contributed by atoms with Gasteiger partial charge in [-0.25, -0.2) is 4.79 Å². The first-order chi connectivity index (χ1) is 15.4. The van der Waals surface area contributed by atoms with E-state index in [0.717, 1.165) is 22.0 Å². The highest BCUT2D eigenvalue weighted by molar-refractivity contribution is 7.80. The number of hydrogen-bond acceptors (Lipinski definition) is 5. The SMILES string of the molecule is NC(Cc1ccccc1)C(=O)NC(Cc1c[nH]c2ccccc12)C(=O)NC(CS)C(=O)O. The highest BCUT2D eigenvalue weighted by Crippen LogP contribution is 2.19. The van der Waals surface area contributed by atoms with Crippen LogP contribution in [0.2, 0.25) is 0 Å². The van der Waals surface area contributed by atoms with E-state index in [0.29, 0.717) is 6.42 Å². The highest BCUT2D eigenvalue weighted by Gasteiger charge is 2.28. The number of carbonyl (C=O) groups is 3. The van der Waals surface area contributed by atoms with Gasteiger partial charge in [0.1, 0.15) is 12.1 Å². The summed E-state index contributed by atoms with van der Waals surface area (Å²) in [7, 11) is 0. The number of carbonyl (C=O) groups excluding carboxylic acids is 2. The normalized spacial score (nSPS) is 13.8. The number of carboxylic acid groups (broad SMARTS) is 1. The van der Waals surface area contributed by atoms with E-state index in [-0.39, 0.29) is 12.2 Å². The first-order valence-corrected chi connectivity index (χ1v) is 10.8. The fraction of sp³-hybridized carbons (Fsp3) is 0.261. The van der Waals surface area contributed by atoms with Crippen molar-refractivity contribution in [1.82, 2.24) is 15.6 Å². The number of amides is 2. The summed E-state index contributed by atoms with van der Waals surface area (Å²) in [5, 5.41) is 15.3. The average Bonchev–Trinajstić information content (AvgIpc) is 3.20. The van der Waals surface area contributed by atoms with Gasteiger partial charge in [-0.15, -0.1) is 0 Å². The molecule has 168 valence electrons. The number of para-hydroxylation sites is 1. The van der Waals surface area contributed by atoms with Gasteiger partial charge in [0.2, 0.25) is 11.8 Å². The molecule has 6 N–H and O–H groups in total. The molecule has 2 aromatic carbocycles. The number of rotatable bonds is 10. The van der Waals surface area contributed by atoms with Crippen LogP contribution in [-0.4, -0.2) is 51.8 Å². The molecule has 0 saturated heterocycles. The molecular formula is C23H26N4O4S. The van der Waals surface area contributed by atoms with Crippen LogP contribution in [0, 0.1) is 0 Å². The number of aromatic nitrogens is 1. The number of nitrogens with one attached hydrogen (secondary N) is 3. The van der Waals surface area contributed by atoms with Crippen LogP contribution in [0.1, 0.15) is 11.1 Å². The van der Waals surface area contributed by atoms with Crippen LogP contribution in [-0.2, 0) is 27.2 Å². The molecule has 1 heterocycles. The Morgan fingerprint density at radius 2 is 1.59 bits per heavy atom. The molecule has 0 radical (unpaired) electrons. The molecule has 9 heteroatoms. The predicted octanol–water partition coefficient (Wildman–Crippen LogP) is 1.26. The van der Waals surface area contributed by atoms with E-state index in [1.54, 1.807) is 6.20 Å². The number of benzene rings is 2. The van der Waals surface area contributed by atoms with Crippen LogP contribution in [0.5, 0.6) is 0 Å². The molecule has 0 saturated carbocycles. The molecule has 0 spiro atoms. The lowest BCUT2D eigenvalue weighted by Gasteiger charge is -2.22. The summed E-state index contributed by atoms with van der Waals surface area (Å²) in [5.41, 5.74) is 8.69. The van der Waals surface area contributed by atoms with E-state index in [1.165, 1.54) is 0 Å². The van der Waals surface area contributed by atoms with Crippen molar-refractivity contribution in [3.63, 3.8) is 0 Å².